The fourth-order valence-electron chi connectivity index (χ4n) is 3.85. The van der Waals surface area contributed by atoms with Crippen LogP contribution in [-0.2, 0) is 10.2 Å². The normalized spacial score (nSPS) is 24.6. The van der Waals surface area contributed by atoms with Crippen molar-refractivity contribution >= 4 is 5.71 Å². The summed E-state index contributed by atoms with van der Waals surface area (Å²) in [4.78, 5) is 5.17. The number of hydrogen-bond acceptors (Lipinski definition) is 3. The molecule has 0 aromatic heterocycles. The van der Waals surface area contributed by atoms with Gasteiger partial charge in [-0.3, -0.25) is 4.99 Å². The lowest BCUT2D eigenvalue weighted by molar-refractivity contribution is 0.141. The standard InChI is InChI=1S/C25H35NO2/c1-17-10-11-21-20(16-17)22(18(2)12-13-23(4,5)6)26-25(8,19(3)28-9)24(21,7)14-15-27/h10-13,16,27H,2-3,14-15H2,1,4-9H3/b13-12-. The van der Waals surface area contributed by atoms with Gasteiger partial charge in [0.15, 0.2) is 0 Å². The summed E-state index contributed by atoms with van der Waals surface area (Å²) < 4.78 is 5.58. The summed E-state index contributed by atoms with van der Waals surface area (Å²) in [6.07, 6.45) is 4.76. The molecule has 1 aliphatic heterocycles. The maximum atomic E-state index is 9.85. The molecule has 3 nitrogen and oxygen atoms in total. The van der Waals surface area contributed by atoms with Gasteiger partial charge in [-0.1, -0.05) is 70.7 Å². The molecule has 28 heavy (non-hydrogen) atoms. The average molecular weight is 382 g/mol. The van der Waals surface area contributed by atoms with E-state index in [0.29, 0.717) is 12.2 Å². The van der Waals surface area contributed by atoms with E-state index in [2.05, 4.69) is 78.1 Å². The summed E-state index contributed by atoms with van der Waals surface area (Å²) in [5.41, 5.74) is 3.98. The molecule has 3 heteroatoms. The van der Waals surface area contributed by atoms with Crippen LogP contribution in [0.3, 0.4) is 0 Å². The number of methoxy groups -OCH3 is 1. The lowest BCUT2D eigenvalue weighted by Crippen LogP contribution is -2.52. The van der Waals surface area contributed by atoms with Crippen molar-refractivity contribution in [3.63, 3.8) is 0 Å². The minimum atomic E-state index is -0.722. The summed E-state index contributed by atoms with van der Waals surface area (Å²) >= 11 is 0. The average Bonchev–Trinajstić information content (AvgIpc) is 2.61. The molecule has 1 aromatic rings. The van der Waals surface area contributed by atoms with Gasteiger partial charge in [0.2, 0.25) is 0 Å². The summed E-state index contributed by atoms with van der Waals surface area (Å²) in [6.45, 7) is 21.3. The first-order chi connectivity index (χ1) is 12.9. The van der Waals surface area contributed by atoms with Crippen molar-refractivity contribution < 1.29 is 9.84 Å². The Morgan fingerprint density at radius 1 is 1.25 bits per heavy atom. The molecule has 2 rings (SSSR count). The van der Waals surface area contributed by atoms with Crippen molar-refractivity contribution in [2.45, 2.75) is 58.9 Å². The number of aliphatic hydroxyl groups is 1. The van der Waals surface area contributed by atoms with Crippen LogP contribution in [-0.4, -0.2) is 30.1 Å². The van der Waals surface area contributed by atoms with E-state index >= 15 is 0 Å². The second kappa shape index (κ2) is 7.71. The topological polar surface area (TPSA) is 41.8 Å². The number of hydrogen-bond donors (Lipinski definition) is 1. The van der Waals surface area contributed by atoms with Crippen molar-refractivity contribution in [1.29, 1.82) is 0 Å². The van der Waals surface area contributed by atoms with Crippen LogP contribution in [0, 0.1) is 12.3 Å². The maximum Gasteiger partial charge on any atom is 0.124 e. The number of aliphatic hydroxyl groups excluding tert-OH is 1. The van der Waals surface area contributed by atoms with E-state index in [1.807, 2.05) is 6.92 Å². The number of aryl methyl sites for hydroxylation is 1. The highest BCUT2D eigenvalue weighted by Crippen LogP contribution is 2.50. The van der Waals surface area contributed by atoms with Gasteiger partial charge in [-0.05, 0) is 42.9 Å². The second-order valence-corrected chi connectivity index (χ2v) is 9.24. The van der Waals surface area contributed by atoms with Crippen LogP contribution < -0.4 is 0 Å². The minimum Gasteiger partial charge on any atom is -0.499 e. The summed E-state index contributed by atoms with van der Waals surface area (Å²) in [5, 5.41) is 9.85. The van der Waals surface area contributed by atoms with Gasteiger partial charge in [0.1, 0.15) is 11.3 Å². The molecule has 1 aliphatic rings. The first-order valence-corrected chi connectivity index (χ1v) is 9.84. The molecular formula is C25H35NO2. The predicted octanol–water partition coefficient (Wildman–Crippen LogP) is 5.52. The minimum absolute atomic E-state index is 0.0540. The molecule has 2 unspecified atom stereocenters. The van der Waals surface area contributed by atoms with Crippen molar-refractivity contribution in [3.05, 3.63) is 71.5 Å². The molecule has 2 atom stereocenters. The van der Waals surface area contributed by atoms with Crippen LogP contribution in [0.1, 0.15) is 57.7 Å². The lowest BCUT2D eigenvalue weighted by atomic mass is 9.61. The molecule has 152 valence electrons. The number of ether oxygens (including phenoxy) is 1. The highest BCUT2D eigenvalue weighted by atomic mass is 16.5. The zero-order valence-corrected chi connectivity index (χ0v) is 18.5. The molecule has 0 spiro atoms. The Morgan fingerprint density at radius 3 is 2.43 bits per heavy atom. The number of rotatable bonds is 6. The van der Waals surface area contributed by atoms with Gasteiger partial charge in [-0.25, -0.2) is 0 Å². The number of benzene rings is 1. The van der Waals surface area contributed by atoms with Crippen LogP contribution in [0.4, 0.5) is 0 Å². The van der Waals surface area contributed by atoms with Gasteiger partial charge < -0.3 is 9.84 Å². The number of fused-ring (bicyclic) bond motifs is 1. The summed E-state index contributed by atoms with van der Waals surface area (Å²) in [7, 11) is 1.63. The van der Waals surface area contributed by atoms with Crippen molar-refractivity contribution in [2.75, 3.05) is 13.7 Å². The van der Waals surface area contributed by atoms with Crippen molar-refractivity contribution in [1.82, 2.24) is 0 Å². The van der Waals surface area contributed by atoms with Gasteiger partial charge in [-0.2, -0.15) is 0 Å². The maximum absolute atomic E-state index is 9.85. The Morgan fingerprint density at radius 2 is 1.89 bits per heavy atom. The van der Waals surface area contributed by atoms with E-state index in [-0.39, 0.29) is 12.0 Å². The molecule has 0 fully saturated rings. The van der Waals surface area contributed by atoms with Crippen LogP contribution in [0.25, 0.3) is 0 Å². The SMILES string of the molecule is C=C(/C=C\C(C)(C)C)C1=NC(C)(C(=C)OC)C(C)(CCO)c2ccc(C)cc21. The Kier molecular flexibility index (Phi) is 6.10. The number of nitrogens with zero attached hydrogens (tertiary/aromatic N) is 1. The van der Waals surface area contributed by atoms with E-state index in [0.717, 1.165) is 22.4 Å². The second-order valence-electron chi connectivity index (χ2n) is 9.24. The van der Waals surface area contributed by atoms with E-state index in [1.165, 1.54) is 5.56 Å². The molecule has 1 heterocycles. The first-order valence-electron chi connectivity index (χ1n) is 9.84. The first kappa shape index (κ1) is 22.2. The number of allylic oxidation sites excluding steroid dienone is 3. The zero-order valence-electron chi connectivity index (χ0n) is 18.5. The van der Waals surface area contributed by atoms with Gasteiger partial charge in [0, 0.05) is 17.6 Å². The summed E-state index contributed by atoms with van der Waals surface area (Å²) in [6, 6.07) is 6.42. The molecule has 1 N–H and O–H groups in total. The van der Waals surface area contributed by atoms with E-state index < -0.39 is 11.0 Å². The third kappa shape index (κ3) is 3.86. The molecule has 0 saturated heterocycles. The van der Waals surface area contributed by atoms with Crippen LogP contribution in [0.15, 0.2) is 59.8 Å². The van der Waals surface area contributed by atoms with Crippen molar-refractivity contribution in [2.24, 2.45) is 10.4 Å². The molecular weight excluding hydrogens is 346 g/mol. The third-order valence-corrected chi connectivity index (χ3v) is 5.92. The molecule has 0 bridgehead atoms. The van der Waals surface area contributed by atoms with Gasteiger partial charge in [0.25, 0.3) is 0 Å². The molecule has 0 saturated carbocycles. The van der Waals surface area contributed by atoms with E-state index in [1.54, 1.807) is 7.11 Å². The fraction of sp³-hybridized carbons (Fsp3) is 0.480. The lowest BCUT2D eigenvalue weighted by Gasteiger charge is -2.48. The van der Waals surface area contributed by atoms with Crippen LogP contribution in [0.5, 0.6) is 0 Å². The van der Waals surface area contributed by atoms with E-state index in [4.69, 9.17) is 9.73 Å². The fourth-order valence-corrected chi connectivity index (χ4v) is 3.85. The van der Waals surface area contributed by atoms with Gasteiger partial charge in [0.05, 0.1) is 12.8 Å². The Bertz CT molecular complexity index is 841. The highest BCUT2D eigenvalue weighted by molar-refractivity contribution is 6.16. The predicted molar refractivity (Wildman–Crippen MR) is 119 cm³/mol. The molecule has 0 amide bonds. The van der Waals surface area contributed by atoms with Crippen LogP contribution >= 0.6 is 0 Å². The largest absolute Gasteiger partial charge is 0.499 e. The summed E-state index contributed by atoms with van der Waals surface area (Å²) in [5.74, 6) is 0.583. The quantitative estimate of drug-likeness (QED) is 0.521. The highest BCUT2D eigenvalue weighted by Gasteiger charge is 2.52. The Hall–Kier alpha value is -2.13. The molecule has 1 aromatic carbocycles. The molecule has 0 aliphatic carbocycles. The van der Waals surface area contributed by atoms with Crippen molar-refractivity contribution in [3.8, 4) is 0 Å². The number of aliphatic imine (C=N–C) groups is 1. The van der Waals surface area contributed by atoms with Gasteiger partial charge >= 0.3 is 0 Å². The van der Waals surface area contributed by atoms with Gasteiger partial charge in [-0.15, -0.1) is 0 Å². The molecule has 0 radical (unpaired) electrons. The zero-order chi connectivity index (χ0) is 21.3. The Balaban J connectivity index is 2.78. The van der Waals surface area contributed by atoms with E-state index in [9.17, 15) is 5.11 Å². The monoisotopic (exact) mass is 381 g/mol. The van der Waals surface area contributed by atoms with Crippen LogP contribution in [0.2, 0.25) is 0 Å². The third-order valence-electron chi connectivity index (χ3n) is 5.92. The smallest absolute Gasteiger partial charge is 0.124 e. The Labute approximate surface area is 170 Å².